The summed E-state index contributed by atoms with van der Waals surface area (Å²) in [5.41, 5.74) is 3.07. The first-order valence-electron chi connectivity index (χ1n) is 13.4. The Hall–Kier alpha value is -3.63. The van der Waals surface area contributed by atoms with Gasteiger partial charge in [0, 0.05) is 49.3 Å². The van der Waals surface area contributed by atoms with Gasteiger partial charge in [-0.1, -0.05) is 19.1 Å². The molecule has 208 valence electrons. The Balaban J connectivity index is 1.47. The third kappa shape index (κ3) is 5.06. The van der Waals surface area contributed by atoms with Crippen molar-refractivity contribution in [2.75, 3.05) is 47.0 Å². The molecule has 0 bridgehead atoms. The van der Waals surface area contributed by atoms with Gasteiger partial charge in [-0.3, -0.25) is 9.69 Å². The Bertz CT molecular complexity index is 1380. The average molecular weight is 539 g/mol. The highest BCUT2D eigenvalue weighted by Gasteiger charge is 2.51. The number of hydrogen-bond donors (Lipinski definition) is 2. The second-order valence-electron chi connectivity index (χ2n) is 10.1. The fraction of sp³-hybridized carbons (Fsp3) is 0.448. The van der Waals surface area contributed by atoms with Gasteiger partial charge < -0.3 is 29.4 Å². The number of ether oxygens (including phenoxy) is 2. The normalized spacial score (nSPS) is 18.8. The number of aromatic hydroxyl groups is 1. The zero-order valence-electron chi connectivity index (χ0n) is 22.6. The van der Waals surface area contributed by atoms with E-state index in [-0.39, 0.29) is 23.4 Å². The van der Waals surface area contributed by atoms with E-state index in [1.807, 2.05) is 6.07 Å². The Morgan fingerprint density at radius 2 is 2.00 bits per heavy atom. The first kappa shape index (κ1) is 27.0. The third-order valence-corrected chi connectivity index (χ3v) is 7.87. The van der Waals surface area contributed by atoms with Gasteiger partial charge in [0.15, 0.2) is 11.6 Å². The van der Waals surface area contributed by atoms with Crippen molar-refractivity contribution in [3.8, 4) is 11.5 Å². The van der Waals surface area contributed by atoms with Crippen molar-refractivity contribution in [1.29, 1.82) is 0 Å². The van der Waals surface area contributed by atoms with Gasteiger partial charge in [-0.25, -0.2) is 9.18 Å². The molecule has 3 amide bonds. The van der Waals surface area contributed by atoms with Gasteiger partial charge in [0.2, 0.25) is 0 Å². The maximum atomic E-state index is 14.5. The Morgan fingerprint density at radius 1 is 1.18 bits per heavy atom. The number of aromatic nitrogens is 1. The molecule has 1 fully saturated rings. The number of amides is 3. The number of carbonyl (C=O) groups is 2. The van der Waals surface area contributed by atoms with E-state index < -0.39 is 17.9 Å². The number of halogens is 1. The van der Waals surface area contributed by atoms with Crippen LogP contribution in [0.1, 0.15) is 36.2 Å². The number of hydrogen-bond acceptors (Lipinski definition) is 6. The molecule has 2 aromatic carbocycles. The molecule has 1 saturated heterocycles. The van der Waals surface area contributed by atoms with Gasteiger partial charge in [-0.15, -0.1) is 0 Å². The van der Waals surface area contributed by atoms with Gasteiger partial charge in [0.1, 0.15) is 11.8 Å². The van der Waals surface area contributed by atoms with E-state index >= 15 is 0 Å². The van der Waals surface area contributed by atoms with Crippen LogP contribution in [0.15, 0.2) is 36.4 Å². The van der Waals surface area contributed by atoms with Crippen LogP contribution in [0.25, 0.3) is 10.9 Å². The number of benzene rings is 2. The Labute approximate surface area is 227 Å². The molecule has 9 nitrogen and oxygen atoms in total. The average Bonchev–Trinajstić information content (AvgIpc) is 3.39. The van der Waals surface area contributed by atoms with Crippen LogP contribution in [0.4, 0.5) is 9.18 Å². The van der Waals surface area contributed by atoms with Crippen molar-refractivity contribution < 1.29 is 28.6 Å². The highest BCUT2D eigenvalue weighted by molar-refractivity contribution is 6.05. The summed E-state index contributed by atoms with van der Waals surface area (Å²) in [6.45, 7) is 5.44. The quantitative estimate of drug-likeness (QED) is 0.360. The maximum Gasteiger partial charge on any atom is 0.328 e. The van der Waals surface area contributed by atoms with Crippen LogP contribution < -0.4 is 4.74 Å². The van der Waals surface area contributed by atoms with Crippen LogP contribution >= 0.6 is 0 Å². The molecule has 3 heterocycles. The van der Waals surface area contributed by atoms with Crippen LogP contribution in [0.5, 0.6) is 11.5 Å². The van der Waals surface area contributed by atoms with E-state index in [0.717, 1.165) is 41.8 Å². The molecule has 0 spiro atoms. The zero-order chi connectivity index (χ0) is 27.7. The number of aromatic amines is 1. The molecule has 2 atom stereocenters. The number of urea groups is 1. The van der Waals surface area contributed by atoms with Crippen molar-refractivity contribution >= 4 is 22.8 Å². The Morgan fingerprint density at radius 3 is 2.72 bits per heavy atom. The van der Waals surface area contributed by atoms with Crippen LogP contribution in [-0.2, 0) is 22.4 Å². The van der Waals surface area contributed by atoms with E-state index in [4.69, 9.17) is 9.47 Å². The van der Waals surface area contributed by atoms with E-state index in [0.29, 0.717) is 37.9 Å². The summed E-state index contributed by atoms with van der Waals surface area (Å²) in [6.07, 6.45) is 1.38. The molecule has 10 heteroatoms. The fourth-order valence-electron chi connectivity index (χ4n) is 5.88. The van der Waals surface area contributed by atoms with E-state index in [2.05, 4.69) is 16.8 Å². The molecule has 1 unspecified atom stereocenters. The number of likely N-dealkylation sites (N-methyl/N-ethyl adjacent to an activating group) is 1. The molecule has 2 aliphatic heterocycles. The first-order valence-corrected chi connectivity index (χ1v) is 13.4. The van der Waals surface area contributed by atoms with Gasteiger partial charge in [0.05, 0.1) is 19.8 Å². The van der Waals surface area contributed by atoms with Crippen LogP contribution in [0, 0.1) is 5.82 Å². The summed E-state index contributed by atoms with van der Waals surface area (Å²) in [7, 11) is 3.09. The fourth-order valence-corrected chi connectivity index (χ4v) is 5.88. The topological polar surface area (TPSA) is 98.3 Å². The molecular formula is C29H35FN4O5. The number of nitrogens with one attached hydrogen (secondary N) is 1. The molecule has 0 aliphatic carbocycles. The van der Waals surface area contributed by atoms with Crippen molar-refractivity contribution in [2.24, 2.45) is 0 Å². The number of H-pyrrole nitrogens is 1. The minimum atomic E-state index is -0.655. The highest BCUT2D eigenvalue weighted by atomic mass is 19.1. The molecule has 3 aromatic rings. The van der Waals surface area contributed by atoms with E-state index in [9.17, 15) is 19.1 Å². The molecule has 2 N–H and O–H groups in total. The van der Waals surface area contributed by atoms with Gasteiger partial charge >= 0.3 is 6.03 Å². The minimum Gasteiger partial charge on any atom is -0.508 e. The van der Waals surface area contributed by atoms with Crippen LogP contribution in [0.2, 0.25) is 0 Å². The van der Waals surface area contributed by atoms with E-state index in [1.165, 1.54) is 18.1 Å². The van der Waals surface area contributed by atoms with Crippen molar-refractivity contribution in [3.63, 3.8) is 0 Å². The highest BCUT2D eigenvalue weighted by Crippen LogP contribution is 2.43. The van der Waals surface area contributed by atoms with Gasteiger partial charge in [-0.2, -0.15) is 0 Å². The summed E-state index contributed by atoms with van der Waals surface area (Å²) in [6, 6.07) is 8.47. The van der Waals surface area contributed by atoms with Crippen molar-refractivity contribution in [1.82, 2.24) is 19.7 Å². The number of nitrogens with zero attached hydrogens (tertiary/aromatic N) is 3. The van der Waals surface area contributed by atoms with Crippen LogP contribution in [-0.4, -0.2) is 89.8 Å². The summed E-state index contributed by atoms with van der Waals surface area (Å²) < 4.78 is 24.9. The molecule has 1 aromatic heterocycles. The van der Waals surface area contributed by atoms with Crippen molar-refractivity contribution in [3.05, 3.63) is 59.0 Å². The number of fused-ring (bicyclic) bond motifs is 4. The lowest BCUT2D eigenvalue weighted by molar-refractivity contribution is -0.128. The zero-order valence-corrected chi connectivity index (χ0v) is 22.6. The second kappa shape index (κ2) is 11.2. The number of methoxy groups -OCH3 is 2. The monoisotopic (exact) mass is 538 g/mol. The summed E-state index contributed by atoms with van der Waals surface area (Å²) >= 11 is 0. The molecule has 5 rings (SSSR count). The lowest BCUT2D eigenvalue weighted by Gasteiger charge is -2.36. The van der Waals surface area contributed by atoms with Gasteiger partial charge in [0.25, 0.3) is 5.91 Å². The van der Waals surface area contributed by atoms with E-state index in [1.54, 1.807) is 36.3 Å². The molecule has 2 aliphatic rings. The lowest BCUT2D eigenvalue weighted by Crippen LogP contribution is -2.44. The largest absolute Gasteiger partial charge is 0.508 e. The minimum absolute atomic E-state index is 0.126. The molecular weight excluding hydrogens is 503 g/mol. The molecule has 39 heavy (non-hydrogen) atoms. The van der Waals surface area contributed by atoms with Crippen LogP contribution in [0.3, 0.4) is 0 Å². The first-order chi connectivity index (χ1) is 18.9. The number of carbonyl (C=O) groups excluding carboxylic acids is 2. The van der Waals surface area contributed by atoms with Crippen molar-refractivity contribution in [2.45, 2.75) is 38.3 Å². The number of phenols is 1. The summed E-state index contributed by atoms with van der Waals surface area (Å²) in [5, 5.41) is 10.8. The maximum absolute atomic E-state index is 14.5. The predicted molar refractivity (Wildman–Crippen MR) is 144 cm³/mol. The lowest BCUT2D eigenvalue weighted by atomic mass is 9.89. The Kier molecular flexibility index (Phi) is 7.76. The summed E-state index contributed by atoms with van der Waals surface area (Å²) in [4.78, 5) is 36.0. The number of phenolic OH excluding ortho intramolecular Hbond substituents is 1. The van der Waals surface area contributed by atoms with Gasteiger partial charge in [-0.05, 0) is 55.3 Å². The third-order valence-electron chi connectivity index (χ3n) is 7.87. The smallest absolute Gasteiger partial charge is 0.328 e. The standard InChI is InChI=1S/C29H35FN4O5/c1-4-32(11-12-38-2)9-6-10-33-28(36)25-15-21-20-16-26(39-3)22(30)17-23(20)31-27(21)24(34(25)29(33)37)14-18-7-5-8-19(35)13-18/h5,7-8,13,16-17,24-25,31,35H,4,6,9-12,14-15H2,1-3H3/t24?,25-/m0/s1. The predicted octanol–water partition coefficient (Wildman–Crippen LogP) is 3.85. The molecule has 0 saturated carbocycles. The SMILES string of the molecule is CCN(CCCN1C(=O)[C@@H]2Cc3c([nH]c4cc(F)c(OC)cc34)C(Cc3cccc(O)c3)N2C1=O)CCOC. The number of imide groups is 1. The number of rotatable bonds is 11. The summed E-state index contributed by atoms with van der Waals surface area (Å²) in [5.74, 6) is -0.447. The second-order valence-corrected chi connectivity index (χ2v) is 10.1. The molecule has 0 radical (unpaired) electrons.